The second-order valence-electron chi connectivity index (χ2n) is 7.37. The van der Waals surface area contributed by atoms with Crippen LogP contribution in [0.5, 0.6) is 0 Å². The van der Waals surface area contributed by atoms with E-state index in [1.165, 1.54) is 28.0 Å². The number of rotatable bonds is 8. The number of para-hydroxylation sites is 1. The van der Waals surface area contributed by atoms with Gasteiger partial charge in [-0.15, -0.1) is 34.9 Å². The van der Waals surface area contributed by atoms with E-state index in [4.69, 9.17) is 0 Å². The maximum Gasteiger partial charge on any atom is 0.259 e. The summed E-state index contributed by atoms with van der Waals surface area (Å²) in [6, 6.07) is 7.54. The molecule has 0 unspecified atom stereocenters. The third-order valence-corrected chi connectivity index (χ3v) is 8.08. The van der Waals surface area contributed by atoms with Gasteiger partial charge < -0.3 is 15.2 Å². The highest BCUT2D eigenvalue weighted by Gasteiger charge is 2.21. The molecular weight excluding hydrogens is 464 g/mol. The molecule has 3 rings (SSSR count). The van der Waals surface area contributed by atoms with Crippen LogP contribution in [-0.2, 0) is 15.3 Å². The molecule has 0 bridgehead atoms. The third kappa shape index (κ3) is 5.54. The Morgan fingerprint density at radius 2 is 2.00 bits per heavy atom. The molecule has 7 nitrogen and oxygen atoms in total. The van der Waals surface area contributed by atoms with Gasteiger partial charge in [0.15, 0.2) is 0 Å². The lowest BCUT2D eigenvalue weighted by Gasteiger charge is -2.21. The normalized spacial score (nSPS) is 12.0. The number of carbonyl (C=O) groups excluding carboxylic acids is 2. The number of thiophene rings is 1. The summed E-state index contributed by atoms with van der Waals surface area (Å²) in [7, 11) is 1.61. The van der Waals surface area contributed by atoms with Gasteiger partial charge in [0.1, 0.15) is 10.7 Å². The van der Waals surface area contributed by atoms with E-state index in [1.54, 1.807) is 25.7 Å². The van der Waals surface area contributed by atoms with Crippen molar-refractivity contribution < 1.29 is 9.59 Å². The maximum absolute atomic E-state index is 12.7. The second kappa shape index (κ2) is 10.5. The smallest absolute Gasteiger partial charge is 0.259 e. The average Bonchev–Trinajstić information content (AvgIpc) is 3.05. The Bertz CT molecular complexity index is 1200. The van der Waals surface area contributed by atoms with E-state index in [0.29, 0.717) is 17.0 Å². The van der Waals surface area contributed by atoms with Crippen LogP contribution in [0.15, 0.2) is 34.0 Å². The molecule has 0 fully saturated rings. The number of carbonyl (C=O) groups is 2. The van der Waals surface area contributed by atoms with Crippen molar-refractivity contribution >= 4 is 62.6 Å². The van der Waals surface area contributed by atoms with E-state index in [2.05, 4.69) is 15.3 Å². The standard InChI is InChI=1S/C22H26N4O3S3/c1-12-13(2)32-21-19(12)20(28)24-17(25-21)11-31-14(3)22(29)26(4)10-18(27)23-15-8-6-7-9-16(15)30-5/h6-9,14H,10-11H2,1-5H3,(H,23,27)(H,24,25,28)/t14-/m0/s1. The molecule has 0 saturated carbocycles. The summed E-state index contributed by atoms with van der Waals surface area (Å²) in [5.41, 5.74) is 1.55. The lowest BCUT2D eigenvalue weighted by atomic mass is 10.2. The molecular formula is C22H26N4O3S3. The third-order valence-electron chi connectivity index (χ3n) is 5.04. The summed E-state index contributed by atoms with van der Waals surface area (Å²) in [4.78, 5) is 49.1. The van der Waals surface area contributed by atoms with Crippen molar-refractivity contribution in [2.45, 2.75) is 36.7 Å². The number of hydrogen-bond donors (Lipinski definition) is 2. The van der Waals surface area contributed by atoms with Crippen molar-refractivity contribution in [1.82, 2.24) is 14.9 Å². The zero-order valence-electron chi connectivity index (χ0n) is 18.6. The molecule has 0 saturated heterocycles. The van der Waals surface area contributed by atoms with Crippen LogP contribution in [0.3, 0.4) is 0 Å². The molecule has 0 aliphatic carbocycles. The molecule has 1 aromatic carbocycles. The van der Waals surface area contributed by atoms with Gasteiger partial charge in [-0.25, -0.2) is 4.98 Å². The number of anilines is 1. The largest absolute Gasteiger partial charge is 0.335 e. The molecule has 0 spiro atoms. The van der Waals surface area contributed by atoms with Gasteiger partial charge >= 0.3 is 0 Å². The molecule has 1 atom stereocenters. The van der Waals surface area contributed by atoms with Crippen LogP contribution in [0, 0.1) is 13.8 Å². The first-order chi connectivity index (χ1) is 15.2. The van der Waals surface area contributed by atoms with Crippen LogP contribution in [0.4, 0.5) is 5.69 Å². The van der Waals surface area contributed by atoms with Crippen molar-refractivity contribution in [2.75, 3.05) is 25.2 Å². The quantitative estimate of drug-likeness (QED) is 0.463. The molecule has 3 aromatic rings. The number of nitrogens with one attached hydrogen (secondary N) is 2. The number of aromatic nitrogens is 2. The molecule has 170 valence electrons. The molecule has 2 N–H and O–H groups in total. The molecule has 32 heavy (non-hydrogen) atoms. The summed E-state index contributed by atoms with van der Waals surface area (Å²) >= 11 is 4.42. The van der Waals surface area contributed by atoms with Gasteiger partial charge in [-0.2, -0.15) is 0 Å². The number of benzene rings is 1. The van der Waals surface area contributed by atoms with Crippen LogP contribution in [-0.4, -0.2) is 51.8 Å². The maximum atomic E-state index is 12.7. The monoisotopic (exact) mass is 490 g/mol. The highest BCUT2D eigenvalue weighted by molar-refractivity contribution is 7.99. The second-order valence-corrected chi connectivity index (χ2v) is 10.8. The summed E-state index contributed by atoms with van der Waals surface area (Å²) < 4.78 is 0. The number of nitrogens with zero attached hydrogens (tertiary/aromatic N) is 2. The first-order valence-corrected chi connectivity index (χ1v) is 13.1. The number of thioether (sulfide) groups is 2. The van der Waals surface area contributed by atoms with Gasteiger partial charge in [0.2, 0.25) is 11.8 Å². The van der Waals surface area contributed by atoms with E-state index >= 15 is 0 Å². The minimum absolute atomic E-state index is 0.0404. The molecule has 10 heteroatoms. The van der Waals surface area contributed by atoms with Crippen molar-refractivity contribution in [3.63, 3.8) is 0 Å². The predicted molar refractivity (Wildman–Crippen MR) is 135 cm³/mol. The average molecular weight is 491 g/mol. The highest BCUT2D eigenvalue weighted by atomic mass is 32.2. The highest BCUT2D eigenvalue weighted by Crippen LogP contribution is 2.27. The van der Waals surface area contributed by atoms with Crippen LogP contribution in [0.1, 0.15) is 23.2 Å². The molecule has 0 aliphatic heterocycles. The minimum Gasteiger partial charge on any atom is -0.335 e. The van der Waals surface area contributed by atoms with Gasteiger partial charge in [-0.05, 0) is 44.7 Å². The fourth-order valence-electron chi connectivity index (χ4n) is 3.18. The Labute approximate surface area is 199 Å². The number of likely N-dealkylation sites (N-methyl/N-ethyl adjacent to an activating group) is 1. The summed E-state index contributed by atoms with van der Waals surface area (Å²) in [6.07, 6.45) is 1.94. The zero-order valence-corrected chi connectivity index (χ0v) is 21.1. The van der Waals surface area contributed by atoms with E-state index in [0.717, 1.165) is 25.9 Å². The first-order valence-electron chi connectivity index (χ1n) is 9.99. The molecule has 2 heterocycles. The summed E-state index contributed by atoms with van der Waals surface area (Å²) in [5, 5.41) is 3.11. The molecule has 2 aromatic heterocycles. The van der Waals surface area contributed by atoms with Crippen molar-refractivity contribution in [2.24, 2.45) is 0 Å². The fraction of sp³-hybridized carbons (Fsp3) is 0.364. The molecule has 2 amide bonds. The van der Waals surface area contributed by atoms with Crippen molar-refractivity contribution in [3.05, 3.63) is 50.9 Å². The van der Waals surface area contributed by atoms with Gasteiger partial charge in [-0.3, -0.25) is 14.4 Å². The lowest BCUT2D eigenvalue weighted by molar-refractivity contribution is -0.132. The topological polar surface area (TPSA) is 95.2 Å². The van der Waals surface area contributed by atoms with Gasteiger partial charge in [0.25, 0.3) is 5.56 Å². The van der Waals surface area contributed by atoms with Crippen LogP contribution < -0.4 is 10.9 Å². The van der Waals surface area contributed by atoms with E-state index in [-0.39, 0.29) is 29.2 Å². The molecule has 0 radical (unpaired) electrons. The van der Waals surface area contributed by atoms with Gasteiger partial charge in [-0.1, -0.05) is 12.1 Å². The fourth-order valence-corrected chi connectivity index (χ4v) is 5.65. The van der Waals surface area contributed by atoms with E-state index in [9.17, 15) is 14.4 Å². The van der Waals surface area contributed by atoms with Crippen molar-refractivity contribution in [1.29, 1.82) is 0 Å². The number of fused-ring (bicyclic) bond motifs is 1. The van der Waals surface area contributed by atoms with Gasteiger partial charge in [0, 0.05) is 16.8 Å². The summed E-state index contributed by atoms with van der Waals surface area (Å²) in [5.74, 6) is 0.534. The number of amides is 2. The minimum atomic E-state index is -0.390. The van der Waals surface area contributed by atoms with Crippen molar-refractivity contribution in [3.8, 4) is 0 Å². The Kier molecular flexibility index (Phi) is 8.02. The Morgan fingerprint density at radius 1 is 1.28 bits per heavy atom. The molecule has 0 aliphatic rings. The number of hydrogen-bond acceptors (Lipinski definition) is 7. The Hall–Kier alpha value is -2.30. The first kappa shape index (κ1) is 24.3. The lowest BCUT2D eigenvalue weighted by Crippen LogP contribution is -2.39. The van der Waals surface area contributed by atoms with Crippen LogP contribution in [0.2, 0.25) is 0 Å². The number of aryl methyl sites for hydroxylation is 2. The zero-order chi connectivity index (χ0) is 23.4. The predicted octanol–water partition coefficient (Wildman–Crippen LogP) is 4.04. The van der Waals surface area contributed by atoms with Crippen LogP contribution >= 0.6 is 34.9 Å². The Morgan fingerprint density at radius 3 is 2.72 bits per heavy atom. The number of H-pyrrole nitrogens is 1. The van der Waals surface area contributed by atoms with E-state index in [1.807, 2.05) is 44.4 Å². The summed E-state index contributed by atoms with van der Waals surface area (Å²) in [6.45, 7) is 5.65. The number of aromatic amines is 1. The van der Waals surface area contributed by atoms with Gasteiger partial charge in [0.05, 0.1) is 28.6 Å². The van der Waals surface area contributed by atoms with E-state index < -0.39 is 0 Å². The Balaban J connectivity index is 1.57. The van der Waals surface area contributed by atoms with Crippen LogP contribution in [0.25, 0.3) is 10.2 Å². The SMILES string of the molecule is CSc1ccccc1NC(=O)CN(C)C(=O)[C@H](C)SCc1nc2sc(C)c(C)c2c(=O)[nH]1.